The van der Waals surface area contributed by atoms with E-state index in [1.54, 1.807) is 0 Å². The first-order valence-electron chi connectivity index (χ1n) is 18.5. The zero-order valence-corrected chi connectivity index (χ0v) is 34.4. The van der Waals surface area contributed by atoms with Gasteiger partial charge in [-0.2, -0.15) is 0 Å². The number of benzene rings is 7. The van der Waals surface area contributed by atoms with Crippen molar-refractivity contribution in [2.45, 2.75) is 0 Å². The molecule has 0 nitrogen and oxygen atoms in total. The first-order valence-corrected chi connectivity index (χ1v) is 23.4. The molecular formula is C50H26S6. The summed E-state index contributed by atoms with van der Waals surface area (Å²) >= 11 is 11.5. The lowest BCUT2D eigenvalue weighted by atomic mass is 10.0. The van der Waals surface area contributed by atoms with Crippen LogP contribution in [-0.2, 0) is 0 Å². The number of thiophene rings is 6. The van der Waals surface area contributed by atoms with Gasteiger partial charge in [0.05, 0.1) is 18.8 Å². The SMILES string of the molecule is c1ccc2sc(-c3ccc(-c4ccc5c(c4)sc4c6cc7sc8c9ccc(-c%10ccc(-c%11cc%12ccccc%12s%11)cc%10)cc9sc8c7cc6sc54)cc3)cc2c1. The molecule has 0 N–H and O–H groups in total. The van der Waals surface area contributed by atoms with Crippen LogP contribution in [0.4, 0.5) is 0 Å². The maximum Gasteiger partial charge on any atom is 0.0542 e. The van der Waals surface area contributed by atoms with E-state index in [9.17, 15) is 0 Å². The summed E-state index contributed by atoms with van der Waals surface area (Å²) < 4.78 is 13.9. The first kappa shape index (κ1) is 32.0. The summed E-state index contributed by atoms with van der Waals surface area (Å²) in [6.07, 6.45) is 0. The Morgan fingerprint density at radius 3 is 1.02 bits per heavy atom. The normalized spacial score (nSPS) is 12.3. The molecule has 0 atom stereocenters. The number of rotatable bonds is 4. The van der Waals surface area contributed by atoms with Gasteiger partial charge in [-0.15, -0.1) is 68.0 Å². The van der Waals surface area contributed by atoms with Gasteiger partial charge in [0.25, 0.3) is 0 Å². The van der Waals surface area contributed by atoms with Crippen LogP contribution in [0.25, 0.3) is 122 Å². The van der Waals surface area contributed by atoms with Crippen LogP contribution >= 0.6 is 68.0 Å². The highest BCUT2D eigenvalue weighted by molar-refractivity contribution is 7.38. The molecule has 6 heterocycles. The van der Waals surface area contributed by atoms with Crippen molar-refractivity contribution in [2.75, 3.05) is 0 Å². The third-order valence-electron chi connectivity index (χ3n) is 11.1. The van der Waals surface area contributed by atoms with Gasteiger partial charge in [0.15, 0.2) is 0 Å². The molecule has 0 radical (unpaired) electrons. The Labute approximate surface area is 345 Å². The van der Waals surface area contributed by atoms with Gasteiger partial charge in [0.1, 0.15) is 0 Å². The van der Waals surface area contributed by atoms with E-state index in [2.05, 4.69) is 158 Å². The predicted molar refractivity (Wildman–Crippen MR) is 255 cm³/mol. The molecular weight excluding hydrogens is 793 g/mol. The average Bonchev–Trinajstić information content (AvgIpc) is 4.10. The summed E-state index contributed by atoms with van der Waals surface area (Å²) in [4.78, 5) is 2.64. The van der Waals surface area contributed by atoms with E-state index in [0.717, 1.165) is 0 Å². The van der Waals surface area contributed by atoms with Gasteiger partial charge in [-0.3, -0.25) is 0 Å². The van der Waals surface area contributed by atoms with Gasteiger partial charge in [-0.05, 0) is 92.7 Å². The second-order valence-corrected chi connectivity index (χ2v) is 20.8. The smallest absolute Gasteiger partial charge is 0.0542 e. The average molecular weight is 819 g/mol. The summed E-state index contributed by atoms with van der Waals surface area (Å²) in [5.41, 5.74) is 7.64. The monoisotopic (exact) mass is 818 g/mol. The molecule has 6 heteroatoms. The van der Waals surface area contributed by atoms with E-state index in [-0.39, 0.29) is 0 Å². The Balaban J connectivity index is 0.827. The molecule has 0 aliphatic carbocycles. The zero-order valence-electron chi connectivity index (χ0n) is 29.5. The van der Waals surface area contributed by atoms with E-state index in [0.29, 0.717) is 0 Å². The molecule has 0 fully saturated rings. The van der Waals surface area contributed by atoms with E-state index in [1.807, 2.05) is 68.0 Å². The minimum atomic E-state index is 1.26. The fourth-order valence-electron chi connectivity index (χ4n) is 8.27. The summed E-state index contributed by atoms with van der Waals surface area (Å²) in [5, 5.41) is 8.17. The summed E-state index contributed by atoms with van der Waals surface area (Å²) in [5.74, 6) is 0. The van der Waals surface area contributed by atoms with Crippen LogP contribution in [-0.4, -0.2) is 0 Å². The van der Waals surface area contributed by atoms with Crippen molar-refractivity contribution < 1.29 is 0 Å². The summed E-state index contributed by atoms with van der Waals surface area (Å²) in [6.45, 7) is 0. The molecule has 262 valence electrons. The fraction of sp³-hybridized carbons (Fsp3) is 0. The number of fused-ring (bicyclic) bond motifs is 12. The number of hydrogen-bond acceptors (Lipinski definition) is 6. The predicted octanol–water partition coefficient (Wildman–Crippen LogP) is 17.9. The Kier molecular flexibility index (Phi) is 6.94. The molecule has 0 spiro atoms. The highest BCUT2D eigenvalue weighted by Crippen LogP contribution is 2.51. The zero-order chi connectivity index (χ0) is 36.5. The molecule has 13 aromatic rings. The van der Waals surface area contributed by atoms with Gasteiger partial charge >= 0.3 is 0 Å². The lowest BCUT2D eigenvalue weighted by molar-refractivity contribution is 1.65. The molecule has 0 amide bonds. The second kappa shape index (κ2) is 12.2. The van der Waals surface area contributed by atoms with E-state index >= 15 is 0 Å². The molecule has 0 saturated carbocycles. The van der Waals surface area contributed by atoms with Crippen molar-refractivity contribution in [1.29, 1.82) is 0 Å². The van der Waals surface area contributed by atoms with Crippen LogP contribution in [0.15, 0.2) is 158 Å². The van der Waals surface area contributed by atoms with Crippen molar-refractivity contribution in [1.82, 2.24) is 0 Å². The third-order valence-corrected chi connectivity index (χ3v) is 18.5. The largest absolute Gasteiger partial charge is 0.135 e. The minimum absolute atomic E-state index is 1.26. The van der Waals surface area contributed by atoms with Crippen LogP contribution < -0.4 is 0 Å². The maximum absolute atomic E-state index is 2.47. The van der Waals surface area contributed by atoms with E-state index in [1.165, 1.54) is 122 Å². The van der Waals surface area contributed by atoms with Crippen molar-refractivity contribution >= 4 is 147 Å². The lowest BCUT2D eigenvalue weighted by Crippen LogP contribution is -1.78. The summed E-state index contributed by atoms with van der Waals surface area (Å²) in [7, 11) is 0. The fourth-order valence-corrected chi connectivity index (χ4v) is 15.8. The van der Waals surface area contributed by atoms with Crippen molar-refractivity contribution in [3.05, 3.63) is 158 Å². The Bertz CT molecular complexity index is 3380. The van der Waals surface area contributed by atoms with Gasteiger partial charge in [-0.1, -0.05) is 109 Å². The Morgan fingerprint density at radius 1 is 0.232 bits per heavy atom. The Morgan fingerprint density at radius 2 is 0.589 bits per heavy atom. The van der Waals surface area contributed by atoms with Gasteiger partial charge in [0, 0.05) is 59.5 Å². The second-order valence-electron chi connectivity index (χ2n) is 14.4. The standard InChI is InChI=1S/C50H26S6/c1-3-7-39-33(5-1)23-41(51-39)29-13-9-27(10-14-29)31-17-19-35-43(21-31)53-49-37-25-46-38(26-45(37)55-47(35)49)50-48(56-46)36-20-18-32(22-44(36)54-50)28-11-15-30(16-12-28)42-24-34-6-2-4-8-40(34)52-42/h1-26H. The van der Waals surface area contributed by atoms with Gasteiger partial charge < -0.3 is 0 Å². The topological polar surface area (TPSA) is 0 Å². The van der Waals surface area contributed by atoms with Crippen LogP contribution in [0, 0.1) is 0 Å². The molecule has 0 aliphatic rings. The molecule has 7 aromatic carbocycles. The highest BCUT2D eigenvalue weighted by atomic mass is 32.1. The molecule has 13 rings (SSSR count). The van der Waals surface area contributed by atoms with Gasteiger partial charge in [-0.25, -0.2) is 0 Å². The number of hydrogen-bond donors (Lipinski definition) is 0. The molecule has 6 aromatic heterocycles. The quantitative estimate of drug-likeness (QED) is 0.166. The highest BCUT2D eigenvalue weighted by Gasteiger charge is 2.18. The minimum Gasteiger partial charge on any atom is -0.135 e. The van der Waals surface area contributed by atoms with Crippen molar-refractivity contribution in [2.24, 2.45) is 0 Å². The van der Waals surface area contributed by atoms with E-state index in [4.69, 9.17) is 0 Å². The molecule has 0 aliphatic heterocycles. The molecule has 0 bridgehead atoms. The van der Waals surface area contributed by atoms with Gasteiger partial charge in [0.2, 0.25) is 0 Å². The first-order chi connectivity index (χ1) is 27.7. The van der Waals surface area contributed by atoms with Crippen LogP contribution in [0.3, 0.4) is 0 Å². The van der Waals surface area contributed by atoms with Crippen LogP contribution in [0.1, 0.15) is 0 Å². The third kappa shape index (κ3) is 4.91. The van der Waals surface area contributed by atoms with E-state index < -0.39 is 0 Å². The summed E-state index contributed by atoms with van der Waals surface area (Å²) in [6, 6.07) is 59.2. The van der Waals surface area contributed by atoms with Crippen molar-refractivity contribution in [3.8, 4) is 43.1 Å². The van der Waals surface area contributed by atoms with Crippen molar-refractivity contribution in [3.63, 3.8) is 0 Å². The van der Waals surface area contributed by atoms with Crippen LogP contribution in [0.2, 0.25) is 0 Å². The molecule has 56 heavy (non-hydrogen) atoms. The lowest BCUT2D eigenvalue weighted by Gasteiger charge is -2.04. The Hall–Kier alpha value is -5.18. The molecule has 0 saturated heterocycles. The molecule has 0 unspecified atom stereocenters. The van der Waals surface area contributed by atoms with Crippen LogP contribution in [0.5, 0.6) is 0 Å². The maximum atomic E-state index is 2.47.